The fraction of sp³-hybridized carbons (Fsp3) is 0.188. The second kappa shape index (κ2) is 14.3. The van der Waals surface area contributed by atoms with Crippen LogP contribution in [0.5, 0.6) is 0 Å². The number of para-hydroxylation sites is 2. The van der Waals surface area contributed by atoms with E-state index >= 15 is 0 Å². The second-order valence-electron chi connectivity index (χ2n) is 9.56. The molecule has 0 spiro atoms. The van der Waals surface area contributed by atoms with Crippen molar-refractivity contribution in [3.63, 3.8) is 0 Å². The molecule has 0 saturated carbocycles. The van der Waals surface area contributed by atoms with Crippen molar-refractivity contribution >= 4 is 27.4 Å². The standard InChI is InChI=1S/2C15H13O.C2H6Si.2ClH.Zr/c2*1-10-7-11(2)13(8-10)15-9-12-5-3-4-6-14(12)16-15;1-3-2;;;/h2*3-9H,1-2H3;1-2H3;2*1H;/q2*-1;;;;+2/p-2. The summed E-state index contributed by atoms with van der Waals surface area (Å²) < 4.78 is 11.7. The molecule has 6 aromatic rings. The van der Waals surface area contributed by atoms with Crippen molar-refractivity contribution in [3.05, 3.63) is 107 Å². The summed E-state index contributed by atoms with van der Waals surface area (Å²) in [6.45, 7) is 13.1. The Bertz CT molecular complexity index is 1450. The van der Waals surface area contributed by atoms with Gasteiger partial charge in [-0.05, 0) is 12.1 Å². The molecule has 0 aliphatic rings. The monoisotopic (exact) mass is 636 g/mol. The van der Waals surface area contributed by atoms with Crippen molar-refractivity contribution < 1.29 is 57.0 Å². The topological polar surface area (TPSA) is 26.3 Å². The Morgan fingerprint density at radius 1 is 0.605 bits per heavy atom. The quantitative estimate of drug-likeness (QED) is 0.214. The fourth-order valence-corrected chi connectivity index (χ4v) is 4.36. The van der Waals surface area contributed by atoms with Crippen molar-refractivity contribution in [3.8, 4) is 22.6 Å². The Kier molecular flexibility index (Phi) is 12.1. The number of furan rings is 2. The van der Waals surface area contributed by atoms with Crippen LogP contribution in [0.1, 0.15) is 22.3 Å². The minimum Gasteiger partial charge on any atom is -1.00 e. The molecule has 0 fully saturated rings. The summed E-state index contributed by atoms with van der Waals surface area (Å²) in [6, 6.07) is 29.2. The van der Waals surface area contributed by atoms with E-state index in [1.165, 1.54) is 33.4 Å². The number of aryl methyl sites for hydroxylation is 4. The van der Waals surface area contributed by atoms with E-state index in [2.05, 4.69) is 89.3 Å². The van der Waals surface area contributed by atoms with Gasteiger partial charge < -0.3 is 33.6 Å². The van der Waals surface area contributed by atoms with Crippen LogP contribution in [0.4, 0.5) is 0 Å². The smallest absolute Gasteiger partial charge is 0.121 e. The maximum atomic E-state index is 5.85. The first-order valence-corrected chi connectivity index (χ1v) is 18.4. The van der Waals surface area contributed by atoms with E-state index in [4.69, 9.17) is 8.83 Å². The van der Waals surface area contributed by atoms with Gasteiger partial charge in [0, 0.05) is 10.8 Å². The van der Waals surface area contributed by atoms with Gasteiger partial charge in [-0.2, -0.15) is 23.3 Å². The van der Waals surface area contributed by atoms with E-state index in [1.807, 2.05) is 36.4 Å². The summed E-state index contributed by atoms with van der Waals surface area (Å²) in [6.07, 6.45) is 0. The zero-order valence-corrected chi connectivity index (χ0v) is 27.6. The maximum absolute atomic E-state index is 5.85. The molecule has 0 bridgehead atoms. The Balaban J connectivity index is 0.000000224. The molecule has 2 heterocycles. The number of hydrogen-bond donors (Lipinski definition) is 0. The van der Waals surface area contributed by atoms with Crippen LogP contribution in [0.25, 0.3) is 44.6 Å². The van der Waals surface area contributed by atoms with Crippen LogP contribution >= 0.6 is 0 Å². The molecule has 0 N–H and O–H groups in total. The molecule has 0 amide bonds. The van der Waals surface area contributed by atoms with Gasteiger partial charge in [0.15, 0.2) is 0 Å². The van der Waals surface area contributed by atoms with Crippen LogP contribution in [0, 0.1) is 27.7 Å². The Morgan fingerprint density at radius 3 is 1.24 bits per heavy atom. The largest absolute Gasteiger partial charge is 1.00 e. The van der Waals surface area contributed by atoms with Gasteiger partial charge >= 0.3 is 41.9 Å². The molecule has 196 valence electrons. The summed E-state index contributed by atoms with van der Waals surface area (Å²) in [4.78, 5) is 0. The van der Waals surface area contributed by atoms with Crippen LogP contribution in [0.2, 0.25) is 13.1 Å². The van der Waals surface area contributed by atoms with Crippen LogP contribution in [0.3, 0.4) is 0 Å². The van der Waals surface area contributed by atoms with E-state index < -0.39 is 0 Å². The molecule has 0 radical (unpaired) electrons. The average Bonchev–Trinajstić information content (AvgIpc) is 3.58. The van der Waals surface area contributed by atoms with Crippen molar-refractivity contribution in [2.45, 2.75) is 40.8 Å². The zero-order chi connectivity index (χ0) is 25.8. The molecular weight excluding hydrogens is 607 g/mol. The van der Waals surface area contributed by atoms with Crippen LogP contribution in [-0.2, 0) is 23.3 Å². The number of fused-ring (bicyclic) bond motifs is 2. The molecule has 2 nitrogen and oxygen atoms in total. The van der Waals surface area contributed by atoms with E-state index in [9.17, 15) is 0 Å². The molecule has 6 rings (SSSR count). The predicted molar refractivity (Wildman–Crippen MR) is 151 cm³/mol. The van der Waals surface area contributed by atoms with Crippen LogP contribution < -0.4 is 24.8 Å². The maximum Gasteiger partial charge on any atom is 0.121 e. The number of hydrogen-bond acceptors (Lipinski definition) is 2. The van der Waals surface area contributed by atoms with Crippen molar-refractivity contribution in [2.75, 3.05) is 0 Å². The van der Waals surface area contributed by atoms with E-state index in [0.29, 0.717) is 0 Å². The molecule has 0 saturated heterocycles. The normalized spacial score (nSPS) is 10.1. The molecule has 0 aliphatic heterocycles. The third kappa shape index (κ3) is 7.96. The van der Waals surface area contributed by atoms with Crippen molar-refractivity contribution in [1.82, 2.24) is 0 Å². The summed E-state index contributed by atoms with van der Waals surface area (Å²) in [5.41, 5.74) is 9.64. The second-order valence-corrected chi connectivity index (χ2v) is 18.9. The zero-order valence-electron chi connectivity index (χ0n) is 22.7. The third-order valence-corrected chi connectivity index (χ3v) is 5.86. The SMILES string of the molecule is C[Si](C)=[Zr+2].Cc1cc(C)c(-c2cc3ccccc3o2)[cH-]1.Cc1cc(C)c(-c2cc3ccccc3o2)[cH-]1.[Cl-].[Cl-]. The molecular formula is C32H32Cl2O2SiZr-2. The third-order valence-electron chi connectivity index (χ3n) is 5.86. The van der Waals surface area contributed by atoms with Gasteiger partial charge in [-0.25, -0.2) is 0 Å². The average molecular weight is 639 g/mol. The first-order valence-electron chi connectivity index (χ1n) is 12.2. The Hall–Kier alpha value is -2.10. The minimum atomic E-state index is 0. The van der Waals surface area contributed by atoms with Gasteiger partial charge in [-0.1, -0.05) is 76.2 Å². The Labute approximate surface area is 253 Å². The van der Waals surface area contributed by atoms with Crippen LogP contribution in [-0.4, -0.2) is 5.43 Å². The van der Waals surface area contributed by atoms with Gasteiger partial charge in [0.05, 0.1) is 11.5 Å². The van der Waals surface area contributed by atoms with Crippen molar-refractivity contribution in [1.29, 1.82) is 0 Å². The number of rotatable bonds is 2. The molecule has 4 aromatic carbocycles. The van der Waals surface area contributed by atoms with Gasteiger partial charge in [0.1, 0.15) is 11.2 Å². The molecule has 6 heteroatoms. The van der Waals surface area contributed by atoms with Gasteiger partial charge in [-0.3, -0.25) is 0 Å². The molecule has 0 atom stereocenters. The molecule has 0 unspecified atom stereocenters. The van der Waals surface area contributed by atoms with Gasteiger partial charge in [-0.15, -0.1) is 34.4 Å². The minimum absolute atomic E-state index is 0. The molecule has 0 aliphatic carbocycles. The number of benzene rings is 2. The fourth-order valence-electron chi connectivity index (χ4n) is 4.36. The summed E-state index contributed by atoms with van der Waals surface area (Å²) in [5.74, 6) is 1.93. The van der Waals surface area contributed by atoms with Crippen LogP contribution in [0.15, 0.2) is 93.8 Å². The molecule has 38 heavy (non-hydrogen) atoms. The summed E-state index contributed by atoms with van der Waals surface area (Å²) in [5, 5.41) is 2.33. The Morgan fingerprint density at radius 2 is 0.947 bits per heavy atom. The van der Waals surface area contributed by atoms with E-state index in [-0.39, 0.29) is 30.2 Å². The first-order chi connectivity index (χ1) is 17.2. The van der Waals surface area contributed by atoms with Gasteiger partial charge in [0.2, 0.25) is 0 Å². The summed E-state index contributed by atoms with van der Waals surface area (Å²) >= 11 is 1.74. The molecule has 2 aromatic heterocycles. The first kappa shape index (κ1) is 32.1. The predicted octanol–water partition coefficient (Wildman–Crippen LogP) is 3.66. The van der Waals surface area contributed by atoms with E-state index in [0.717, 1.165) is 33.5 Å². The van der Waals surface area contributed by atoms with Gasteiger partial charge in [0.25, 0.3) is 0 Å². The van der Waals surface area contributed by atoms with Crippen molar-refractivity contribution in [2.24, 2.45) is 0 Å². The van der Waals surface area contributed by atoms with E-state index in [1.54, 1.807) is 23.3 Å². The summed E-state index contributed by atoms with van der Waals surface area (Å²) in [7, 11) is 0. The number of halogens is 2.